The number of rotatable bonds is 9. The summed E-state index contributed by atoms with van der Waals surface area (Å²) in [5.41, 5.74) is 5.52. The van der Waals surface area contributed by atoms with Crippen LogP contribution in [0.25, 0.3) is 16.9 Å². The van der Waals surface area contributed by atoms with Crippen molar-refractivity contribution in [1.29, 1.82) is 0 Å². The lowest BCUT2D eigenvalue weighted by molar-refractivity contribution is 0.415. The summed E-state index contributed by atoms with van der Waals surface area (Å²) in [4.78, 5) is 12.0. The second-order valence-corrected chi connectivity index (χ2v) is 8.82. The molecule has 0 atom stereocenters. The van der Waals surface area contributed by atoms with Gasteiger partial charge in [-0.1, -0.05) is 24.6 Å². The molecule has 1 aliphatic rings. The maximum atomic E-state index is 13.1. The summed E-state index contributed by atoms with van der Waals surface area (Å²) in [6.07, 6.45) is 5.57. The molecule has 5 nitrogen and oxygen atoms in total. The van der Waals surface area contributed by atoms with Gasteiger partial charge >= 0.3 is 0 Å². The number of halogens is 2. The molecule has 4 rings (SSSR count). The first-order valence-corrected chi connectivity index (χ1v) is 11.4. The van der Waals surface area contributed by atoms with E-state index in [9.17, 15) is 4.39 Å². The Kier molecular flexibility index (Phi) is 6.37. The van der Waals surface area contributed by atoms with Crippen LogP contribution in [-0.2, 0) is 6.42 Å². The van der Waals surface area contributed by atoms with E-state index in [2.05, 4.69) is 29.8 Å². The molecule has 2 heterocycles. The molecule has 0 N–H and O–H groups in total. The highest BCUT2D eigenvalue weighted by molar-refractivity contribution is 6.29. The van der Waals surface area contributed by atoms with Gasteiger partial charge in [-0.2, -0.15) is 0 Å². The number of aryl methyl sites for hydroxylation is 3. The van der Waals surface area contributed by atoms with E-state index in [1.165, 1.54) is 12.8 Å². The normalized spacial score (nSPS) is 13.7. The van der Waals surface area contributed by atoms with Crippen molar-refractivity contribution in [2.24, 2.45) is 5.92 Å². The van der Waals surface area contributed by atoms with Crippen molar-refractivity contribution >= 4 is 23.1 Å². The van der Waals surface area contributed by atoms with Gasteiger partial charge in [0, 0.05) is 24.8 Å². The van der Waals surface area contributed by atoms with Crippen LogP contribution in [-0.4, -0.2) is 41.2 Å². The van der Waals surface area contributed by atoms with Crippen molar-refractivity contribution in [1.82, 2.24) is 14.4 Å². The first-order chi connectivity index (χ1) is 15.0. The minimum Gasteiger partial charge on any atom is -0.496 e. The van der Waals surface area contributed by atoms with Gasteiger partial charge in [0.15, 0.2) is 5.65 Å². The molecule has 166 valence electrons. The number of hydrogen-bond acceptors (Lipinski definition) is 4. The molecule has 0 aliphatic heterocycles. The van der Waals surface area contributed by atoms with Crippen molar-refractivity contribution in [3.05, 3.63) is 40.3 Å². The fourth-order valence-corrected chi connectivity index (χ4v) is 4.51. The summed E-state index contributed by atoms with van der Waals surface area (Å²) in [6.45, 7) is 7.45. The Morgan fingerprint density at radius 3 is 2.68 bits per heavy atom. The number of methoxy groups -OCH3 is 1. The SMILES string of the molecule is CCc1nc2c(-c3c(C)cc(C)cc3OC)nc(Cl)cn2c1N(CCCF)CC1CC1. The summed E-state index contributed by atoms with van der Waals surface area (Å²) in [7, 11) is 1.67. The lowest BCUT2D eigenvalue weighted by Crippen LogP contribution is -2.29. The number of benzene rings is 1. The average molecular weight is 445 g/mol. The number of nitrogens with zero attached hydrogens (tertiary/aromatic N) is 4. The van der Waals surface area contributed by atoms with Gasteiger partial charge < -0.3 is 9.64 Å². The van der Waals surface area contributed by atoms with E-state index in [1.807, 2.05) is 23.6 Å². The van der Waals surface area contributed by atoms with Crippen LogP contribution in [0.3, 0.4) is 0 Å². The molecule has 0 bridgehead atoms. The molecule has 3 aromatic rings. The van der Waals surface area contributed by atoms with E-state index in [-0.39, 0.29) is 6.67 Å². The average Bonchev–Trinajstić information content (AvgIpc) is 3.48. The lowest BCUT2D eigenvalue weighted by Gasteiger charge is -2.25. The van der Waals surface area contributed by atoms with E-state index in [1.54, 1.807) is 7.11 Å². The van der Waals surface area contributed by atoms with Crippen LogP contribution >= 0.6 is 11.6 Å². The number of alkyl halides is 1. The molecular formula is C24H30ClFN4O. The Morgan fingerprint density at radius 2 is 2.03 bits per heavy atom. The quantitative estimate of drug-likeness (QED) is 0.417. The predicted octanol–water partition coefficient (Wildman–Crippen LogP) is 5.81. The Hall–Kier alpha value is -2.34. The third-order valence-corrected chi connectivity index (χ3v) is 6.08. The Labute approximate surface area is 188 Å². The Balaban J connectivity index is 1.94. The maximum Gasteiger partial charge on any atom is 0.165 e. The first kappa shape index (κ1) is 21.9. The molecule has 0 saturated heterocycles. The number of ether oxygens (including phenoxy) is 1. The van der Waals surface area contributed by atoms with Gasteiger partial charge in [-0.3, -0.25) is 8.79 Å². The van der Waals surface area contributed by atoms with E-state index in [0.29, 0.717) is 29.7 Å². The van der Waals surface area contributed by atoms with E-state index in [4.69, 9.17) is 21.3 Å². The Bertz CT molecular complexity index is 1090. The number of imidazole rings is 1. The minimum atomic E-state index is -0.327. The van der Waals surface area contributed by atoms with Gasteiger partial charge in [0.1, 0.15) is 22.4 Å². The van der Waals surface area contributed by atoms with Gasteiger partial charge in [-0.15, -0.1) is 0 Å². The predicted molar refractivity (Wildman–Crippen MR) is 124 cm³/mol. The minimum absolute atomic E-state index is 0.327. The maximum absolute atomic E-state index is 13.1. The van der Waals surface area contributed by atoms with Crippen molar-refractivity contribution in [2.75, 3.05) is 31.8 Å². The molecule has 1 aliphatic carbocycles. The van der Waals surface area contributed by atoms with Crippen LogP contribution in [0.2, 0.25) is 5.15 Å². The third kappa shape index (κ3) is 4.36. The monoisotopic (exact) mass is 444 g/mol. The van der Waals surface area contributed by atoms with Crippen molar-refractivity contribution in [3.8, 4) is 17.0 Å². The molecule has 0 radical (unpaired) electrons. The van der Waals surface area contributed by atoms with Crippen LogP contribution in [0.5, 0.6) is 5.75 Å². The van der Waals surface area contributed by atoms with Gasteiger partial charge in [0.25, 0.3) is 0 Å². The standard InChI is InChI=1S/C24H30ClFN4O/c1-5-18-24(29(10-6-9-26)13-17-7-8-17)30-14-20(25)28-22(23(30)27-18)21-16(3)11-15(2)12-19(21)31-4/h11-12,14,17H,5-10,13H2,1-4H3. The third-order valence-electron chi connectivity index (χ3n) is 5.89. The fraction of sp³-hybridized carbons (Fsp3) is 0.500. The zero-order chi connectivity index (χ0) is 22.1. The van der Waals surface area contributed by atoms with E-state index in [0.717, 1.165) is 52.6 Å². The number of fused-ring (bicyclic) bond motifs is 1. The summed E-state index contributed by atoms with van der Waals surface area (Å²) >= 11 is 6.53. The topological polar surface area (TPSA) is 42.7 Å². The van der Waals surface area contributed by atoms with Crippen molar-refractivity contribution in [2.45, 2.75) is 46.5 Å². The van der Waals surface area contributed by atoms with E-state index >= 15 is 0 Å². The van der Waals surface area contributed by atoms with Gasteiger partial charge in [-0.25, -0.2) is 9.97 Å². The number of aromatic nitrogens is 3. The molecule has 1 aromatic carbocycles. The van der Waals surface area contributed by atoms with Crippen LogP contribution in [0.1, 0.15) is 43.0 Å². The van der Waals surface area contributed by atoms with Gasteiger partial charge in [0.05, 0.1) is 19.5 Å². The van der Waals surface area contributed by atoms with Crippen LogP contribution in [0, 0.1) is 19.8 Å². The van der Waals surface area contributed by atoms with E-state index < -0.39 is 0 Å². The molecule has 1 saturated carbocycles. The van der Waals surface area contributed by atoms with Crippen LogP contribution < -0.4 is 9.64 Å². The molecule has 0 spiro atoms. The summed E-state index contributed by atoms with van der Waals surface area (Å²) in [5.74, 6) is 2.43. The highest BCUT2D eigenvalue weighted by Crippen LogP contribution is 2.39. The van der Waals surface area contributed by atoms with Crippen molar-refractivity contribution in [3.63, 3.8) is 0 Å². The second-order valence-electron chi connectivity index (χ2n) is 8.43. The summed E-state index contributed by atoms with van der Waals surface area (Å²) in [6, 6.07) is 4.12. The largest absolute Gasteiger partial charge is 0.496 e. The fourth-order valence-electron chi connectivity index (χ4n) is 4.33. The summed E-state index contributed by atoms with van der Waals surface area (Å²) < 4.78 is 20.8. The van der Waals surface area contributed by atoms with Crippen LogP contribution in [0.15, 0.2) is 18.3 Å². The molecule has 2 aromatic heterocycles. The lowest BCUT2D eigenvalue weighted by atomic mass is 10.0. The molecule has 7 heteroatoms. The van der Waals surface area contributed by atoms with Crippen LogP contribution in [0.4, 0.5) is 10.2 Å². The smallest absolute Gasteiger partial charge is 0.165 e. The molecule has 0 amide bonds. The number of hydrogen-bond donors (Lipinski definition) is 0. The molecule has 0 unspecified atom stereocenters. The Morgan fingerprint density at radius 1 is 1.26 bits per heavy atom. The first-order valence-electron chi connectivity index (χ1n) is 11.0. The number of anilines is 1. The van der Waals surface area contributed by atoms with Gasteiger partial charge in [0.2, 0.25) is 0 Å². The molecular weight excluding hydrogens is 415 g/mol. The molecule has 31 heavy (non-hydrogen) atoms. The highest BCUT2D eigenvalue weighted by Gasteiger charge is 2.28. The zero-order valence-corrected chi connectivity index (χ0v) is 19.5. The van der Waals surface area contributed by atoms with Crippen molar-refractivity contribution < 1.29 is 9.13 Å². The highest BCUT2D eigenvalue weighted by atomic mass is 35.5. The second kappa shape index (κ2) is 9.03. The summed E-state index contributed by atoms with van der Waals surface area (Å²) in [5, 5.41) is 0.391. The molecule has 1 fully saturated rings. The van der Waals surface area contributed by atoms with Gasteiger partial charge in [-0.05, 0) is 62.6 Å². The zero-order valence-electron chi connectivity index (χ0n) is 18.7.